The number of carbonyl (C=O) groups is 1. The molecule has 0 aliphatic heterocycles. The highest BCUT2D eigenvalue weighted by molar-refractivity contribution is 6.02. The minimum absolute atomic E-state index is 0.231. The third-order valence-electron chi connectivity index (χ3n) is 3.66. The van der Waals surface area contributed by atoms with Crippen molar-refractivity contribution in [3.8, 4) is 22.8 Å². The molecule has 0 radical (unpaired) electrons. The maximum absolute atomic E-state index is 13.0. The van der Waals surface area contributed by atoms with Crippen molar-refractivity contribution in [2.24, 2.45) is 0 Å². The number of aromatic nitrogens is 2. The highest BCUT2D eigenvalue weighted by Gasteiger charge is 2.12. The van der Waals surface area contributed by atoms with Crippen LogP contribution in [0.2, 0.25) is 0 Å². The first-order valence-corrected chi connectivity index (χ1v) is 7.74. The molecule has 1 N–H and O–H groups in total. The van der Waals surface area contributed by atoms with Crippen molar-refractivity contribution in [3.05, 3.63) is 78.5 Å². The Kier molecular flexibility index (Phi) is 4.03. The second kappa shape index (κ2) is 6.64. The topological polar surface area (TPSA) is 81.2 Å². The zero-order chi connectivity index (χ0) is 17.9. The molecule has 7 heteroatoms. The zero-order valence-electron chi connectivity index (χ0n) is 13.3. The van der Waals surface area contributed by atoms with Crippen LogP contribution in [0.1, 0.15) is 10.6 Å². The Labute approximate surface area is 147 Å². The lowest BCUT2D eigenvalue weighted by Gasteiger charge is -2.03. The van der Waals surface area contributed by atoms with Gasteiger partial charge in [0.25, 0.3) is 11.8 Å². The predicted molar refractivity (Wildman–Crippen MR) is 91.8 cm³/mol. The Bertz CT molecular complexity index is 1020. The minimum Gasteiger partial charge on any atom is -0.459 e. The summed E-state index contributed by atoms with van der Waals surface area (Å²) in [4.78, 5) is 16.3. The van der Waals surface area contributed by atoms with Crippen LogP contribution in [0, 0.1) is 5.82 Å². The zero-order valence-corrected chi connectivity index (χ0v) is 13.3. The van der Waals surface area contributed by atoms with Crippen molar-refractivity contribution in [1.29, 1.82) is 0 Å². The summed E-state index contributed by atoms with van der Waals surface area (Å²) in [6.07, 6.45) is 1.44. The number of hydrogen-bond acceptors (Lipinski definition) is 5. The monoisotopic (exact) mass is 349 g/mol. The van der Waals surface area contributed by atoms with Crippen molar-refractivity contribution in [3.63, 3.8) is 0 Å². The van der Waals surface area contributed by atoms with Crippen LogP contribution in [0.4, 0.5) is 10.1 Å². The van der Waals surface area contributed by atoms with Gasteiger partial charge in [-0.05, 0) is 60.7 Å². The number of anilines is 1. The van der Waals surface area contributed by atoms with Crippen LogP contribution in [0.5, 0.6) is 0 Å². The van der Waals surface area contributed by atoms with E-state index in [-0.39, 0.29) is 17.5 Å². The molecule has 128 valence electrons. The van der Waals surface area contributed by atoms with Gasteiger partial charge in [0, 0.05) is 16.8 Å². The van der Waals surface area contributed by atoms with Gasteiger partial charge < -0.3 is 14.3 Å². The average Bonchev–Trinajstić information content (AvgIpc) is 3.35. The Morgan fingerprint density at radius 3 is 2.38 bits per heavy atom. The maximum Gasteiger partial charge on any atom is 0.291 e. The molecule has 0 saturated carbocycles. The van der Waals surface area contributed by atoms with Gasteiger partial charge in [-0.1, -0.05) is 5.16 Å². The fraction of sp³-hybridized carbons (Fsp3) is 0. The number of amides is 1. The Morgan fingerprint density at radius 2 is 1.69 bits per heavy atom. The lowest BCUT2D eigenvalue weighted by Crippen LogP contribution is -2.10. The molecule has 4 aromatic rings. The standard InChI is InChI=1S/C19H12FN3O3/c20-14-7-3-12(4-8-14)17-22-19(26-23-17)13-5-9-15(10-6-13)21-18(24)16-2-1-11-25-16/h1-11H,(H,21,24). The van der Waals surface area contributed by atoms with E-state index in [4.69, 9.17) is 8.94 Å². The largest absolute Gasteiger partial charge is 0.459 e. The number of benzene rings is 2. The highest BCUT2D eigenvalue weighted by atomic mass is 19.1. The summed E-state index contributed by atoms with van der Waals surface area (Å²) < 4.78 is 23.3. The lowest BCUT2D eigenvalue weighted by atomic mass is 10.2. The molecule has 0 saturated heterocycles. The first-order chi connectivity index (χ1) is 12.7. The molecular weight excluding hydrogens is 337 g/mol. The number of hydrogen-bond donors (Lipinski definition) is 1. The molecule has 0 bridgehead atoms. The molecule has 0 spiro atoms. The SMILES string of the molecule is O=C(Nc1ccc(-c2nc(-c3ccc(F)cc3)no2)cc1)c1ccco1. The molecule has 0 aliphatic rings. The first kappa shape index (κ1) is 15.8. The van der Waals surface area contributed by atoms with E-state index < -0.39 is 0 Å². The third kappa shape index (κ3) is 3.23. The Hall–Kier alpha value is -3.74. The number of nitrogens with zero attached hydrogens (tertiary/aromatic N) is 2. The molecule has 4 rings (SSSR count). The van der Waals surface area contributed by atoms with E-state index in [0.29, 0.717) is 28.5 Å². The van der Waals surface area contributed by atoms with Gasteiger partial charge in [0.15, 0.2) is 5.76 Å². The molecule has 2 heterocycles. The van der Waals surface area contributed by atoms with Crippen molar-refractivity contribution in [2.75, 3.05) is 5.32 Å². The van der Waals surface area contributed by atoms with Gasteiger partial charge in [-0.15, -0.1) is 0 Å². The first-order valence-electron chi connectivity index (χ1n) is 7.74. The van der Waals surface area contributed by atoms with E-state index in [2.05, 4.69) is 15.5 Å². The predicted octanol–water partition coefficient (Wildman–Crippen LogP) is 4.39. The molecule has 2 aromatic carbocycles. The summed E-state index contributed by atoms with van der Waals surface area (Å²) in [6.45, 7) is 0. The number of nitrogens with one attached hydrogen (secondary N) is 1. The van der Waals surface area contributed by atoms with E-state index in [1.807, 2.05) is 0 Å². The molecule has 0 fully saturated rings. The van der Waals surface area contributed by atoms with Crippen molar-refractivity contribution in [1.82, 2.24) is 10.1 Å². The van der Waals surface area contributed by atoms with Gasteiger partial charge in [0.1, 0.15) is 5.82 Å². The summed E-state index contributed by atoms with van der Waals surface area (Å²) in [6, 6.07) is 16.0. The summed E-state index contributed by atoms with van der Waals surface area (Å²) in [5.41, 5.74) is 1.96. The van der Waals surface area contributed by atoms with E-state index >= 15 is 0 Å². The van der Waals surface area contributed by atoms with Crippen LogP contribution in [-0.2, 0) is 0 Å². The Morgan fingerprint density at radius 1 is 0.962 bits per heavy atom. The van der Waals surface area contributed by atoms with Crippen molar-refractivity contribution in [2.45, 2.75) is 0 Å². The summed E-state index contributed by atoms with van der Waals surface area (Å²) in [7, 11) is 0. The second-order valence-electron chi connectivity index (χ2n) is 5.44. The molecule has 2 aromatic heterocycles. The molecule has 0 aliphatic carbocycles. The fourth-order valence-corrected chi connectivity index (χ4v) is 2.35. The van der Waals surface area contributed by atoms with Crippen molar-refractivity contribution < 1.29 is 18.1 Å². The maximum atomic E-state index is 13.0. The van der Waals surface area contributed by atoms with E-state index in [0.717, 1.165) is 0 Å². The third-order valence-corrected chi connectivity index (χ3v) is 3.66. The van der Waals surface area contributed by atoms with Crippen LogP contribution in [0.15, 0.2) is 75.9 Å². The molecule has 0 atom stereocenters. The average molecular weight is 349 g/mol. The molecule has 0 unspecified atom stereocenters. The second-order valence-corrected chi connectivity index (χ2v) is 5.44. The smallest absolute Gasteiger partial charge is 0.291 e. The van der Waals surface area contributed by atoms with Gasteiger partial charge in [0.2, 0.25) is 5.82 Å². The van der Waals surface area contributed by atoms with Crippen LogP contribution in [0.3, 0.4) is 0 Å². The van der Waals surface area contributed by atoms with Gasteiger partial charge in [-0.2, -0.15) is 4.98 Å². The van der Waals surface area contributed by atoms with Crippen molar-refractivity contribution >= 4 is 11.6 Å². The summed E-state index contributed by atoms with van der Waals surface area (Å²) in [5, 5.41) is 6.63. The van der Waals surface area contributed by atoms with E-state index in [1.54, 1.807) is 48.5 Å². The summed E-state index contributed by atoms with van der Waals surface area (Å²) >= 11 is 0. The molecule has 1 amide bonds. The minimum atomic E-state index is -0.334. The Balaban J connectivity index is 1.50. The van der Waals surface area contributed by atoms with E-state index in [9.17, 15) is 9.18 Å². The summed E-state index contributed by atoms with van der Waals surface area (Å²) in [5.74, 6) is 0.266. The van der Waals surface area contributed by atoms with Crippen LogP contribution < -0.4 is 5.32 Å². The number of furan rings is 1. The van der Waals surface area contributed by atoms with Gasteiger partial charge in [-0.25, -0.2) is 4.39 Å². The quantitative estimate of drug-likeness (QED) is 0.591. The fourth-order valence-electron chi connectivity index (χ4n) is 2.35. The van der Waals surface area contributed by atoms with E-state index in [1.165, 1.54) is 18.4 Å². The van der Waals surface area contributed by atoms with Crippen LogP contribution in [0.25, 0.3) is 22.8 Å². The van der Waals surface area contributed by atoms with Gasteiger partial charge in [0.05, 0.1) is 6.26 Å². The number of halogens is 1. The molecule has 6 nitrogen and oxygen atoms in total. The van der Waals surface area contributed by atoms with Crippen LogP contribution in [-0.4, -0.2) is 16.0 Å². The number of carbonyl (C=O) groups excluding carboxylic acids is 1. The normalized spacial score (nSPS) is 10.7. The lowest BCUT2D eigenvalue weighted by molar-refractivity contribution is 0.0996. The molecule has 26 heavy (non-hydrogen) atoms. The number of rotatable bonds is 4. The van der Waals surface area contributed by atoms with Gasteiger partial charge >= 0.3 is 0 Å². The molecular formula is C19H12FN3O3. The van der Waals surface area contributed by atoms with Crippen LogP contribution >= 0.6 is 0 Å². The highest BCUT2D eigenvalue weighted by Crippen LogP contribution is 2.24. The van der Waals surface area contributed by atoms with Gasteiger partial charge in [-0.3, -0.25) is 4.79 Å².